The van der Waals surface area contributed by atoms with Gasteiger partial charge in [0.25, 0.3) is 0 Å². The molecule has 8 heteroatoms. The molecule has 0 saturated carbocycles. The highest BCUT2D eigenvalue weighted by Gasteiger charge is 2.43. The Hall–Kier alpha value is -2.03. The summed E-state index contributed by atoms with van der Waals surface area (Å²) in [5.74, 6) is -0.470. The fourth-order valence-electron chi connectivity index (χ4n) is 3.13. The maximum Gasteiger partial charge on any atom is 0.223 e. The maximum absolute atomic E-state index is 12.1. The third-order valence-electron chi connectivity index (χ3n) is 4.89. The standard InChI is InChI=1S/C19H29N3O5/c1-3-13(4-2)19(26)22-11-15-18(25)17(24)14(27-15)8-16(23)21-10-12-6-5-7-20-9-12/h5-7,9,13-15,17-18,24-25H,3-4,8,10-11H2,1-2H3,(H,21,23)(H,22,26). The Morgan fingerprint density at radius 2 is 1.89 bits per heavy atom. The van der Waals surface area contributed by atoms with E-state index in [2.05, 4.69) is 15.6 Å². The molecule has 1 aromatic rings. The summed E-state index contributed by atoms with van der Waals surface area (Å²) in [4.78, 5) is 28.1. The molecule has 27 heavy (non-hydrogen) atoms. The van der Waals surface area contributed by atoms with Gasteiger partial charge in [0.15, 0.2) is 0 Å². The molecular formula is C19H29N3O5. The first-order valence-electron chi connectivity index (χ1n) is 9.41. The predicted octanol–water partition coefficient (Wildman–Crippen LogP) is 0.130. The molecule has 1 aliphatic rings. The van der Waals surface area contributed by atoms with E-state index in [9.17, 15) is 19.8 Å². The first-order valence-corrected chi connectivity index (χ1v) is 9.41. The lowest BCUT2D eigenvalue weighted by atomic mass is 10.0. The normalized spacial score (nSPS) is 24.8. The van der Waals surface area contributed by atoms with Crippen molar-refractivity contribution in [1.82, 2.24) is 15.6 Å². The Balaban J connectivity index is 1.79. The SMILES string of the molecule is CCC(CC)C(=O)NCC1OC(CC(=O)NCc2cccnc2)C(O)C1O. The van der Waals surface area contributed by atoms with Gasteiger partial charge in [0, 0.05) is 31.4 Å². The average molecular weight is 379 g/mol. The number of aliphatic hydroxyl groups excluding tert-OH is 2. The van der Waals surface area contributed by atoms with Gasteiger partial charge in [-0.15, -0.1) is 0 Å². The molecular weight excluding hydrogens is 350 g/mol. The van der Waals surface area contributed by atoms with Gasteiger partial charge in [-0.2, -0.15) is 0 Å². The van der Waals surface area contributed by atoms with E-state index < -0.39 is 24.4 Å². The van der Waals surface area contributed by atoms with Crippen LogP contribution in [0.5, 0.6) is 0 Å². The molecule has 1 saturated heterocycles. The summed E-state index contributed by atoms with van der Waals surface area (Å²) in [5.41, 5.74) is 0.862. The van der Waals surface area contributed by atoms with E-state index in [4.69, 9.17) is 4.74 Å². The minimum atomic E-state index is -1.18. The van der Waals surface area contributed by atoms with Crippen molar-refractivity contribution in [3.8, 4) is 0 Å². The van der Waals surface area contributed by atoms with Crippen LogP contribution in [0, 0.1) is 5.92 Å². The number of carbonyl (C=O) groups excluding carboxylic acids is 2. The molecule has 1 fully saturated rings. The first kappa shape index (κ1) is 21.3. The van der Waals surface area contributed by atoms with Crippen LogP contribution in [0.1, 0.15) is 38.7 Å². The molecule has 150 valence electrons. The quantitative estimate of drug-likeness (QED) is 0.484. The second-order valence-corrected chi connectivity index (χ2v) is 6.79. The Morgan fingerprint density at radius 1 is 1.19 bits per heavy atom. The Morgan fingerprint density at radius 3 is 2.52 bits per heavy atom. The molecule has 2 heterocycles. The van der Waals surface area contributed by atoms with Crippen molar-refractivity contribution >= 4 is 11.8 Å². The molecule has 0 aromatic carbocycles. The van der Waals surface area contributed by atoms with Crippen LogP contribution < -0.4 is 10.6 Å². The summed E-state index contributed by atoms with van der Waals surface area (Å²) in [7, 11) is 0. The number of nitrogens with zero attached hydrogens (tertiary/aromatic N) is 1. The number of aromatic nitrogens is 1. The minimum Gasteiger partial charge on any atom is -0.388 e. The number of pyridine rings is 1. The third-order valence-corrected chi connectivity index (χ3v) is 4.89. The summed E-state index contributed by atoms with van der Waals surface area (Å²) in [5, 5.41) is 25.8. The van der Waals surface area contributed by atoms with Gasteiger partial charge < -0.3 is 25.6 Å². The number of nitrogens with one attached hydrogen (secondary N) is 2. The lowest BCUT2D eigenvalue weighted by molar-refractivity contribution is -0.127. The molecule has 2 amide bonds. The van der Waals surface area contributed by atoms with E-state index in [-0.39, 0.29) is 30.7 Å². The van der Waals surface area contributed by atoms with Crippen molar-refractivity contribution in [2.24, 2.45) is 5.92 Å². The highest BCUT2D eigenvalue weighted by Crippen LogP contribution is 2.23. The number of aliphatic hydroxyl groups is 2. The van der Waals surface area contributed by atoms with E-state index in [1.165, 1.54) is 0 Å². The van der Waals surface area contributed by atoms with Crippen LogP contribution in [0.3, 0.4) is 0 Å². The molecule has 0 aliphatic carbocycles. The van der Waals surface area contributed by atoms with Crippen LogP contribution in [0.2, 0.25) is 0 Å². The minimum absolute atomic E-state index is 0.0739. The van der Waals surface area contributed by atoms with E-state index in [0.717, 1.165) is 18.4 Å². The smallest absolute Gasteiger partial charge is 0.223 e. The summed E-state index contributed by atoms with van der Waals surface area (Å²) in [6.45, 7) is 4.31. The Kier molecular flexibility index (Phi) is 8.15. The highest BCUT2D eigenvalue weighted by atomic mass is 16.5. The fourth-order valence-corrected chi connectivity index (χ4v) is 3.13. The van der Waals surface area contributed by atoms with Crippen LogP contribution >= 0.6 is 0 Å². The fraction of sp³-hybridized carbons (Fsp3) is 0.632. The summed E-state index contributed by atoms with van der Waals surface area (Å²) >= 11 is 0. The lowest BCUT2D eigenvalue weighted by Gasteiger charge is -2.18. The van der Waals surface area contributed by atoms with Crippen molar-refractivity contribution in [3.63, 3.8) is 0 Å². The summed E-state index contributed by atoms with van der Waals surface area (Å²) < 4.78 is 5.62. The van der Waals surface area contributed by atoms with Gasteiger partial charge in [-0.3, -0.25) is 14.6 Å². The molecule has 0 radical (unpaired) electrons. The zero-order valence-corrected chi connectivity index (χ0v) is 15.8. The summed E-state index contributed by atoms with van der Waals surface area (Å²) in [6.07, 6.45) is 0.819. The van der Waals surface area contributed by atoms with Gasteiger partial charge in [-0.1, -0.05) is 19.9 Å². The molecule has 1 aromatic heterocycles. The second-order valence-electron chi connectivity index (χ2n) is 6.79. The predicted molar refractivity (Wildman–Crippen MR) is 98.5 cm³/mol. The molecule has 4 N–H and O–H groups in total. The van der Waals surface area contributed by atoms with Crippen LogP contribution in [0.4, 0.5) is 0 Å². The van der Waals surface area contributed by atoms with Crippen LogP contribution in [-0.4, -0.2) is 58.0 Å². The number of rotatable bonds is 9. The van der Waals surface area contributed by atoms with E-state index in [0.29, 0.717) is 6.54 Å². The largest absolute Gasteiger partial charge is 0.388 e. The van der Waals surface area contributed by atoms with E-state index in [1.807, 2.05) is 19.9 Å². The summed E-state index contributed by atoms with van der Waals surface area (Å²) in [6, 6.07) is 3.62. The maximum atomic E-state index is 12.1. The van der Waals surface area contributed by atoms with Gasteiger partial charge in [-0.25, -0.2) is 0 Å². The monoisotopic (exact) mass is 379 g/mol. The molecule has 0 spiro atoms. The lowest BCUT2D eigenvalue weighted by Crippen LogP contribution is -2.41. The number of carbonyl (C=O) groups is 2. The van der Waals surface area contributed by atoms with Crippen LogP contribution in [-0.2, 0) is 20.9 Å². The average Bonchev–Trinajstić information content (AvgIpc) is 2.94. The van der Waals surface area contributed by atoms with Crippen molar-refractivity contribution in [2.45, 2.75) is 64.1 Å². The van der Waals surface area contributed by atoms with Crippen molar-refractivity contribution in [2.75, 3.05) is 6.54 Å². The molecule has 4 atom stereocenters. The van der Waals surface area contributed by atoms with Gasteiger partial charge in [0.1, 0.15) is 18.3 Å². The zero-order valence-electron chi connectivity index (χ0n) is 15.8. The zero-order chi connectivity index (χ0) is 19.8. The Bertz CT molecular complexity index is 609. The molecule has 4 unspecified atom stereocenters. The van der Waals surface area contributed by atoms with Gasteiger partial charge in [0.2, 0.25) is 11.8 Å². The Labute approximate surface area is 159 Å². The van der Waals surface area contributed by atoms with Crippen LogP contribution in [0.15, 0.2) is 24.5 Å². The number of amides is 2. The van der Waals surface area contributed by atoms with Crippen molar-refractivity contribution in [1.29, 1.82) is 0 Å². The molecule has 0 bridgehead atoms. The molecule has 1 aliphatic heterocycles. The van der Waals surface area contributed by atoms with Crippen LogP contribution in [0.25, 0.3) is 0 Å². The van der Waals surface area contributed by atoms with Gasteiger partial charge in [-0.05, 0) is 24.5 Å². The molecule has 8 nitrogen and oxygen atoms in total. The third kappa shape index (κ3) is 5.98. The van der Waals surface area contributed by atoms with Crippen molar-refractivity contribution in [3.05, 3.63) is 30.1 Å². The topological polar surface area (TPSA) is 121 Å². The first-order chi connectivity index (χ1) is 13.0. The van der Waals surface area contributed by atoms with Gasteiger partial charge >= 0.3 is 0 Å². The van der Waals surface area contributed by atoms with Gasteiger partial charge in [0.05, 0.1) is 12.5 Å². The highest BCUT2D eigenvalue weighted by molar-refractivity contribution is 5.78. The van der Waals surface area contributed by atoms with E-state index in [1.54, 1.807) is 18.5 Å². The molecule has 2 rings (SSSR count). The number of hydrogen-bond donors (Lipinski definition) is 4. The van der Waals surface area contributed by atoms with Crippen molar-refractivity contribution < 1.29 is 24.5 Å². The number of ether oxygens (including phenoxy) is 1. The van der Waals surface area contributed by atoms with E-state index >= 15 is 0 Å². The number of hydrogen-bond acceptors (Lipinski definition) is 6. The second kappa shape index (κ2) is 10.3.